The number of nitrogens with one attached hydrogen (secondary N) is 1. The second kappa shape index (κ2) is 7.53. The Morgan fingerprint density at radius 3 is 2.42 bits per heavy atom. The number of hydrogen-bond donors (Lipinski definition) is 1. The maximum atomic E-state index is 12.1. The Kier molecular flexibility index (Phi) is 6.02. The van der Waals surface area contributed by atoms with Gasteiger partial charge in [0.05, 0.1) is 6.04 Å². The van der Waals surface area contributed by atoms with Gasteiger partial charge in [-0.25, -0.2) is 0 Å². The summed E-state index contributed by atoms with van der Waals surface area (Å²) in [6.07, 6.45) is -0.666. The molecule has 0 unspecified atom stereocenters. The smallest absolute Gasteiger partial charge is 0.302 e. The van der Waals surface area contributed by atoms with Gasteiger partial charge in [-0.1, -0.05) is 30.3 Å². The van der Waals surface area contributed by atoms with Crippen LogP contribution in [0.25, 0.3) is 0 Å². The van der Waals surface area contributed by atoms with Crippen molar-refractivity contribution in [2.45, 2.75) is 26.0 Å². The van der Waals surface area contributed by atoms with Crippen LogP contribution in [0, 0.1) is 0 Å². The first-order valence-corrected chi connectivity index (χ1v) is 6.06. The molecule has 1 N–H and O–H groups in total. The SMILES string of the molecule is CO[C@H](C(=O)N[C@@H](C)COC(C)=O)c1ccccc1. The van der Waals surface area contributed by atoms with Crippen molar-refractivity contribution >= 4 is 11.9 Å². The molecule has 104 valence electrons. The number of amides is 1. The molecular formula is C14H19NO4. The summed E-state index contributed by atoms with van der Waals surface area (Å²) < 4.78 is 10.0. The maximum absolute atomic E-state index is 12.1. The fourth-order valence-electron chi connectivity index (χ4n) is 1.62. The van der Waals surface area contributed by atoms with Gasteiger partial charge in [0.1, 0.15) is 6.61 Å². The lowest BCUT2D eigenvalue weighted by atomic mass is 10.1. The number of benzene rings is 1. The van der Waals surface area contributed by atoms with Crippen LogP contribution < -0.4 is 5.32 Å². The lowest BCUT2D eigenvalue weighted by molar-refractivity contribution is -0.143. The summed E-state index contributed by atoms with van der Waals surface area (Å²) in [5.41, 5.74) is 0.780. The van der Waals surface area contributed by atoms with Crippen molar-refractivity contribution < 1.29 is 19.1 Å². The Bertz CT molecular complexity index is 419. The Morgan fingerprint density at radius 2 is 1.89 bits per heavy atom. The van der Waals surface area contributed by atoms with E-state index in [1.807, 2.05) is 30.3 Å². The summed E-state index contributed by atoms with van der Waals surface area (Å²) in [6.45, 7) is 3.24. The number of rotatable bonds is 6. The average molecular weight is 265 g/mol. The number of carbonyl (C=O) groups is 2. The average Bonchev–Trinajstić information content (AvgIpc) is 2.38. The number of carbonyl (C=O) groups excluding carboxylic acids is 2. The van der Waals surface area contributed by atoms with Crippen molar-refractivity contribution in [1.29, 1.82) is 0 Å². The van der Waals surface area contributed by atoms with E-state index in [2.05, 4.69) is 5.32 Å². The molecule has 1 rings (SSSR count). The molecule has 2 atom stereocenters. The van der Waals surface area contributed by atoms with Gasteiger partial charge in [0.15, 0.2) is 6.10 Å². The van der Waals surface area contributed by atoms with Crippen molar-refractivity contribution in [3.05, 3.63) is 35.9 Å². The molecule has 0 aliphatic rings. The molecular weight excluding hydrogens is 246 g/mol. The second-order valence-corrected chi connectivity index (χ2v) is 4.24. The van der Waals surface area contributed by atoms with Crippen molar-refractivity contribution in [2.75, 3.05) is 13.7 Å². The van der Waals surface area contributed by atoms with Gasteiger partial charge in [-0.2, -0.15) is 0 Å². The van der Waals surface area contributed by atoms with Crippen molar-refractivity contribution in [1.82, 2.24) is 5.32 Å². The molecule has 1 aromatic carbocycles. The topological polar surface area (TPSA) is 64.6 Å². The third-order valence-corrected chi connectivity index (χ3v) is 2.50. The third-order valence-electron chi connectivity index (χ3n) is 2.50. The molecule has 0 bridgehead atoms. The summed E-state index contributed by atoms with van der Waals surface area (Å²) in [5, 5.41) is 2.74. The zero-order valence-electron chi connectivity index (χ0n) is 11.4. The van der Waals surface area contributed by atoms with E-state index in [0.29, 0.717) is 0 Å². The van der Waals surface area contributed by atoms with Gasteiger partial charge in [0.2, 0.25) is 0 Å². The van der Waals surface area contributed by atoms with Crippen LogP contribution in [-0.4, -0.2) is 31.6 Å². The van der Waals surface area contributed by atoms with Gasteiger partial charge in [-0.3, -0.25) is 9.59 Å². The zero-order chi connectivity index (χ0) is 14.3. The summed E-state index contributed by atoms with van der Waals surface area (Å²) in [7, 11) is 1.48. The molecule has 1 amide bonds. The van der Waals surface area contributed by atoms with E-state index in [-0.39, 0.29) is 24.5 Å². The highest BCUT2D eigenvalue weighted by atomic mass is 16.5. The molecule has 19 heavy (non-hydrogen) atoms. The quantitative estimate of drug-likeness (QED) is 0.790. The number of esters is 1. The molecule has 0 aromatic heterocycles. The first-order valence-electron chi connectivity index (χ1n) is 6.06. The Balaban J connectivity index is 2.57. The van der Waals surface area contributed by atoms with E-state index in [1.165, 1.54) is 14.0 Å². The van der Waals surface area contributed by atoms with E-state index in [4.69, 9.17) is 9.47 Å². The Morgan fingerprint density at radius 1 is 1.26 bits per heavy atom. The molecule has 5 heteroatoms. The van der Waals surface area contributed by atoms with Crippen LogP contribution in [0.5, 0.6) is 0 Å². The predicted octanol–water partition coefficient (Wildman–Crippen LogP) is 1.44. The normalized spacial score (nSPS) is 13.4. The monoisotopic (exact) mass is 265 g/mol. The molecule has 0 aliphatic carbocycles. The first-order chi connectivity index (χ1) is 9.04. The third kappa shape index (κ3) is 5.09. The van der Waals surface area contributed by atoms with Crippen LogP contribution in [0.1, 0.15) is 25.5 Å². The van der Waals surface area contributed by atoms with Crippen LogP contribution >= 0.6 is 0 Å². The number of hydrogen-bond acceptors (Lipinski definition) is 4. The second-order valence-electron chi connectivity index (χ2n) is 4.24. The first kappa shape index (κ1) is 15.2. The molecule has 0 radical (unpaired) electrons. The van der Waals surface area contributed by atoms with E-state index >= 15 is 0 Å². The lowest BCUT2D eigenvalue weighted by Gasteiger charge is -2.19. The van der Waals surface area contributed by atoms with Gasteiger partial charge in [0, 0.05) is 14.0 Å². The van der Waals surface area contributed by atoms with E-state index < -0.39 is 6.10 Å². The molecule has 0 fully saturated rings. The van der Waals surface area contributed by atoms with Crippen molar-refractivity contribution in [3.8, 4) is 0 Å². The summed E-state index contributed by atoms with van der Waals surface area (Å²) in [6, 6.07) is 8.94. The Labute approximate surface area is 112 Å². The minimum atomic E-state index is -0.666. The molecule has 0 spiro atoms. The van der Waals surface area contributed by atoms with Crippen molar-refractivity contribution in [2.24, 2.45) is 0 Å². The fourth-order valence-corrected chi connectivity index (χ4v) is 1.62. The number of methoxy groups -OCH3 is 1. The van der Waals surface area contributed by atoms with Crippen LogP contribution in [0.3, 0.4) is 0 Å². The largest absolute Gasteiger partial charge is 0.464 e. The summed E-state index contributed by atoms with van der Waals surface area (Å²) in [5.74, 6) is -0.624. The molecule has 5 nitrogen and oxygen atoms in total. The maximum Gasteiger partial charge on any atom is 0.302 e. The van der Waals surface area contributed by atoms with Gasteiger partial charge in [-0.15, -0.1) is 0 Å². The number of ether oxygens (including phenoxy) is 2. The summed E-state index contributed by atoms with van der Waals surface area (Å²) in [4.78, 5) is 22.7. The van der Waals surface area contributed by atoms with Gasteiger partial charge >= 0.3 is 5.97 Å². The van der Waals surface area contributed by atoms with E-state index in [0.717, 1.165) is 5.56 Å². The Hall–Kier alpha value is -1.88. The minimum absolute atomic E-state index is 0.145. The highest BCUT2D eigenvalue weighted by Gasteiger charge is 2.21. The molecule has 0 heterocycles. The standard InChI is InChI=1S/C14H19NO4/c1-10(9-19-11(2)16)15-14(17)13(18-3)12-7-5-4-6-8-12/h4-8,10,13H,9H2,1-3H3,(H,15,17)/t10-,13-/m0/s1. The van der Waals surface area contributed by atoms with E-state index in [1.54, 1.807) is 6.92 Å². The van der Waals surface area contributed by atoms with Crippen LogP contribution in [0.4, 0.5) is 0 Å². The van der Waals surface area contributed by atoms with Crippen LogP contribution in [0.2, 0.25) is 0 Å². The predicted molar refractivity (Wildman–Crippen MR) is 70.4 cm³/mol. The van der Waals surface area contributed by atoms with Gasteiger partial charge in [0.25, 0.3) is 5.91 Å². The highest BCUT2D eigenvalue weighted by molar-refractivity contribution is 5.82. The van der Waals surface area contributed by atoms with Crippen molar-refractivity contribution in [3.63, 3.8) is 0 Å². The minimum Gasteiger partial charge on any atom is -0.464 e. The lowest BCUT2D eigenvalue weighted by Crippen LogP contribution is -2.39. The van der Waals surface area contributed by atoms with Crippen LogP contribution in [-0.2, 0) is 19.1 Å². The summed E-state index contributed by atoms with van der Waals surface area (Å²) >= 11 is 0. The highest BCUT2D eigenvalue weighted by Crippen LogP contribution is 2.16. The molecule has 0 saturated heterocycles. The molecule has 0 aliphatic heterocycles. The van der Waals surface area contributed by atoms with E-state index in [9.17, 15) is 9.59 Å². The molecule has 1 aromatic rings. The van der Waals surface area contributed by atoms with Gasteiger partial charge < -0.3 is 14.8 Å². The van der Waals surface area contributed by atoms with Gasteiger partial charge in [-0.05, 0) is 12.5 Å². The van der Waals surface area contributed by atoms with Crippen LogP contribution in [0.15, 0.2) is 30.3 Å². The zero-order valence-corrected chi connectivity index (χ0v) is 11.4. The molecule has 0 saturated carbocycles. The fraction of sp³-hybridized carbons (Fsp3) is 0.429.